The summed E-state index contributed by atoms with van der Waals surface area (Å²) in [4.78, 5) is 26.1. The van der Waals surface area contributed by atoms with Gasteiger partial charge in [-0.05, 0) is 42.0 Å². The van der Waals surface area contributed by atoms with Crippen molar-refractivity contribution in [1.29, 1.82) is 0 Å². The van der Waals surface area contributed by atoms with Crippen molar-refractivity contribution in [2.75, 3.05) is 26.2 Å². The Bertz CT molecular complexity index is 1210. The van der Waals surface area contributed by atoms with E-state index >= 15 is 0 Å². The Morgan fingerprint density at radius 1 is 0.767 bits per heavy atom. The number of piperazine rings is 1. The molecule has 0 unspecified atom stereocenters. The molecule has 154 valence electrons. The second-order valence-electron chi connectivity index (χ2n) is 7.34. The summed E-state index contributed by atoms with van der Waals surface area (Å²) >= 11 is 0. The second-order valence-corrected chi connectivity index (χ2v) is 9.28. The molecule has 0 saturated carbocycles. The fourth-order valence-corrected chi connectivity index (χ4v) is 5.07. The summed E-state index contributed by atoms with van der Waals surface area (Å²) in [7, 11) is -3.66. The molecular formula is C23H22N2O4S. The third-order valence-electron chi connectivity index (χ3n) is 5.42. The Balaban J connectivity index is 1.45. The van der Waals surface area contributed by atoms with E-state index in [-0.39, 0.29) is 29.7 Å². The molecular weight excluding hydrogens is 400 g/mol. The number of hydrogen-bond donors (Lipinski definition) is 0. The summed E-state index contributed by atoms with van der Waals surface area (Å²) in [6.45, 7) is 2.56. The predicted molar refractivity (Wildman–Crippen MR) is 115 cm³/mol. The van der Waals surface area contributed by atoms with Gasteiger partial charge in [0.05, 0.1) is 4.90 Å². The summed E-state index contributed by atoms with van der Waals surface area (Å²) in [6.07, 6.45) is 0. The SMILES string of the molecule is CC(=O)c1ccc(S(=O)(=O)N2CCN(C(=O)c3ccc4ccccc4c3)CC2)cc1. The smallest absolute Gasteiger partial charge is 0.253 e. The lowest BCUT2D eigenvalue weighted by atomic mass is 10.1. The van der Waals surface area contributed by atoms with Gasteiger partial charge in [0.25, 0.3) is 5.91 Å². The molecule has 1 saturated heterocycles. The Morgan fingerprint density at radius 2 is 1.37 bits per heavy atom. The van der Waals surface area contributed by atoms with Crippen LogP contribution in [0.15, 0.2) is 71.6 Å². The van der Waals surface area contributed by atoms with Gasteiger partial charge in [0.1, 0.15) is 0 Å². The standard InChI is InChI=1S/C23H22N2O4S/c1-17(26)18-8-10-22(11-9-18)30(28,29)25-14-12-24(13-15-25)23(27)21-7-6-19-4-2-3-5-20(19)16-21/h2-11,16H,12-15H2,1H3. The zero-order chi connectivity index (χ0) is 21.3. The van der Waals surface area contributed by atoms with Gasteiger partial charge in [-0.2, -0.15) is 4.31 Å². The molecule has 0 N–H and O–H groups in total. The van der Waals surface area contributed by atoms with Crippen LogP contribution in [0.3, 0.4) is 0 Å². The zero-order valence-electron chi connectivity index (χ0n) is 16.6. The number of amides is 1. The van der Waals surface area contributed by atoms with Gasteiger partial charge < -0.3 is 4.90 Å². The second kappa shape index (κ2) is 8.01. The molecule has 3 aromatic rings. The van der Waals surface area contributed by atoms with E-state index in [1.54, 1.807) is 4.90 Å². The number of nitrogens with zero attached hydrogens (tertiary/aromatic N) is 2. The van der Waals surface area contributed by atoms with E-state index in [1.807, 2.05) is 42.5 Å². The molecule has 1 heterocycles. The summed E-state index contributed by atoms with van der Waals surface area (Å²) in [5, 5.41) is 2.07. The van der Waals surface area contributed by atoms with Gasteiger partial charge in [-0.1, -0.05) is 42.5 Å². The summed E-state index contributed by atoms with van der Waals surface area (Å²) < 4.78 is 27.2. The number of sulfonamides is 1. The average molecular weight is 423 g/mol. The lowest BCUT2D eigenvalue weighted by Gasteiger charge is -2.34. The van der Waals surface area contributed by atoms with Gasteiger partial charge in [0, 0.05) is 37.3 Å². The van der Waals surface area contributed by atoms with E-state index in [0.717, 1.165) is 10.8 Å². The molecule has 0 bridgehead atoms. The van der Waals surface area contributed by atoms with E-state index < -0.39 is 10.0 Å². The number of fused-ring (bicyclic) bond motifs is 1. The van der Waals surface area contributed by atoms with Crippen LogP contribution >= 0.6 is 0 Å². The first kappa shape index (κ1) is 20.3. The summed E-state index contributed by atoms with van der Waals surface area (Å²) in [6, 6.07) is 19.4. The molecule has 4 rings (SSSR count). The van der Waals surface area contributed by atoms with Crippen LogP contribution in [0.2, 0.25) is 0 Å². The Kier molecular flexibility index (Phi) is 5.40. The minimum absolute atomic E-state index is 0.0939. The molecule has 3 aromatic carbocycles. The fourth-order valence-electron chi connectivity index (χ4n) is 3.65. The molecule has 0 atom stereocenters. The number of rotatable bonds is 4. The van der Waals surface area contributed by atoms with Crippen molar-refractivity contribution in [3.8, 4) is 0 Å². The van der Waals surface area contributed by atoms with Crippen molar-refractivity contribution < 1.29 is 18.0 Å². The van der Waals surface area contributed by atoms with Crippen molar-refractivity contribution in [2.45, 2.75) is 11.8 Å². The fraction of sp³-hybridized carbons (Fsp3) is 0.217. The first-order valence-electron chi connectivity index (χ1n) is 9.75. The van der Waals surface area contributed by atoms with Gasteiger partial charge in [0.15, 0.2) is 5.78 Å². The molecule has 6 nitrogen and oxygen atoms in total. The highest BCUT2D eigenvalue weighted by atomic mass is 32.2. The molecule has 0 radical (unpaired) electrons. The Morgan fingerprint density at radius 3 is 2.00 bits per heavy atom. The molecule has 1 amide bonds. The number of Topliss-reactive ketones (excluding diaryl/α,β-unsaturated/α-hetero) is 1. The first-order chi connectivity index (χ1) is 14.4. The van der Waals surface area contributed by atoms with E-state index in [9.17, 15) is 18.0 Å². The third-order valence-corrected chi connectivity index (χ3v) is 7.33. The lowest BCUT2D eigenvalue weighted by Crippen LogP contribution is -2.50. The predicted octanol–water partition coefficient (Wildman–Crippen LogP) is 3.19. The van der Waals surface area contributed by atoms with Crippen molar-refractivity contribution in [3.05, 3.63) is 77.9 Å². The molecule has 0 spiro atoms. The number of ketones is 1. The number of benzene rings is 3. The van der Waals surface area contributed by atoms with Crippen molar-refractivity contribution in [1.82, 2.24) is 9.21 Å². The van der Waals surface area contributed by atoms with E-state index in [4.69, 9.17) is 0 Å². The highest BCUT2D eigenvalue weighted by Gasteiger charge is 2.30. The summed E-state index contributed by atoms with van der Waals surface area (Å²) in [5.74, 6) is -0.205. The molecule has 1 aliphatic rings. The quantitative estimate of drug-likeness (QED) is 0.605. The van der Waals surface area contributed by atoms with Crippen molar-refractivity contribution >= 4 is 32.5 Å². The lowest BCUT2D eigenvalue weighted by molar-refractivity contribution is 0.0698. The maximum atomic E-state index is 12.9. The van der Waals surface area contributed by atoms with Gasteiger partial charge in [-0.15, -0.1) is 0 Å². The molecule has 1 fully saturated rings. The minimum atomic E-state index is -3.66. The summed E-state index contributed by atoms with van der Waals surface area (Å²) in [5.41, 5.74) is 1.07. The maximum Gasteiger partial charge on any atom is 0.253 e. The van der Waals surface area contributed by atoms with Crippen LogP contribution in [0.1, 0.15) is 27.6 Å². The third kappa shape index (κ3) is 3.86. The van der Waals surface area contributed by atoms with Crippen LogP contribution in [0.5, 0.6) is 0 Å². The minimum Gasteiger partial charge on any atom is -0.336 e. The first-order valence-corrected chi connectivity index (χ1v) is 11.2. The van der Waals surface area contributed by atoms with Crippen LogP contribution in [0.25, 0.3) is 10.8 Å². The van der Waals surface area contributed by atoms with E-state index in [2.05, 4.69) is 0 Å². The van der Waals surface area contributed by atoms with Gasteiger partial charge >= 0.3 is 0 Å². The van der Waals surface area contributed by atoms with Crippen molar-refractivity contribution in [3.63, 3.8) is 0 Å². The van der Waals surface area contributed by atoms with E-state index in [1.165, 1.54) is 35.5 Å². The molecule has 0 aliphatic carbocycles. The average Bonchev–Trinajstić information content (AvgIpc) is 2.78. The number of hydrogen-bond acceptors (Lipinski definition) is 4. The largest absolute Gasteiger partial charge is 0.336 e. The van der Waals surface area contributed by atoms with Crippen LogP contribution in [-0.4, -0.2) is 55.5 Å². The van der Waals surface area contributed by atoms with Crippen LogP contribution in [0.4, 0.5) is 0 Å². The monoisotopic (exact) mass is 422 g/mol. The van der Waals surface area contributed by atoms with Crippen LogP contribution < -0.4 is 0 Å². The van der Waals surface area contributed by atoms with Gasteiger partial charge in [-0.3, -0.25) is 9.59 Å². The molecule has 1 aliphatic heterocycles. The number of carbonyl (C=O) groups is 2. The van der Waals surface area contributed by atoms with Crippen LogP contribution in [-0.2, 0) is 10.0 Å². The highest BCUT2D eigenvalue weighted by molar-refractivity contribution is 7.89. The van der Waals surface area contributed by atoms with E-state index in [0.29, 0.717) is 24.2 Å². The van der Waals surface area contributed by atoms with Gasteiger partial charge in [0.2, 0.25) is 10.0 Å². The number of carbonyl (C=O) groups excluding carboxylic acids is 2. The zero-order valence-corrected chi connectivity index (χ0v) is 17.4. The molecule has 30 heavy (non-hydrogen) atoms. The molecule has 0 aromatic heterocycles. The Hall–Kier alpha value is -3.03. The highest BCUT2D eigenvalue weighted by Crippen LogP contribution is 2.21. The molecule has 7 heteroatoms. The topological polar surface area (TPSA) is 74.8 Å². The maximum absolute atomic E-state index is 12.9. The Labute approximate surface area is 175 Å². The van der Waals surface area contributed by atoms with Crippen molar-refractivity contribution in [2.24, 2.45) is 0 Å². The van der Waals surface area contributed by atoms with Gasteiger partial charge in [-0.25, -0.2) is 8.42 Å². The normalized spacial score (nSPS) is 15.3. The van der Waals surface area contributed by atoms with Crippen LogP contribution in [0, 0.1) is 0 Å².